The lowest BCUT2D eigenvalue weighted by Crippen LogP contribution is -2.42. The van der Waals surface area contributed by atoms with Gasteiger partial charge in [-0.05, 0) is 51.3 Å². The number of likely N-dealkylation sites (tertiary alicyclic amines) is 1. The highest BCUT2D eigenvalue weighted by molar-refractivity contribution is 6.38. The number of aromatic nitrogens is 1. The summed E-state index contributed by atoms with van der Waals surface area (Å²) in [5.74, 6) is -1.40. The molecule has 1 aromatic carbocycles. The van der Waals surface area contributed by atoms with Gasteiger partial charge in [-0.25, -0.2) is 9.18 Å². The van der Waals surface area contributed by atoms with Crippen molar-refractivity contribution in [2.24, 2.45) is 5.92 Å². The van der Waals surface area contributed by atoms with Gasteiger partial charge < -0.3 is 19.5 Å². The number of carbonyl (C=O) groups is 1. The molecule has 0 unspecified atom stereocenters. The number of likely N-dealkylation sites (N-methyl/N-ethyl adjacent to an activating group) is 1. The van der Waals surface area contributed by atoms with E-state index in [2.05, 4.69) is 11.9 Å². The lowest BCUT2D eigenvalue weighted by atomic mass is 9.93. The summed E-state index contributed by atoms with van der Waals surface area (Å²) in [4.78, 5) is 28.6. The Balaban J connectivity index is 1.68. The van der Waals surface area contributed by atoms with Crippen LogP contribution in [0, 0.1) is 11.7 Å². The van der Waals surface area contributed by atoms with E-state index in [4.69, 9.17) is 11.6 Å². The maximum absolute atomic E-state index is 15.2. The molecule has 29 heavy (non-hydrogen) atoms. The molecule has 1 saturated carbocycles. The topological polar surface area (TPSA) is 65.8 Å². The number of halogens is 2. The highest BCUT2D eigenvalue weighted by atomic mass is 35.5. The first kappa shape index (κ1) is 18.9. The Kier molecular flexibility index (Phi) is 4.37. The minimum absolute atomic E-state index is 0.0387. The second kappa shape index (κ2) is 6.71. The molecule has 1 aliphatic carbocycles. The van der Waals surface area contributed by atoms with Crippen LogP contribution < -0.4 is 10.3 Å². The number of pyridine rings is 1. The molecule has 2 saturated heterocycles. The van der Waals surface area contributed by atoms with Crippen LogP contribution in [0.25, 0.3) is 10.9 Å². The summed E-state index contributed by atoms with van der Waals surface area (Å²) in [6.07, 6.45) is 5.40. The number of anilines is 1. The third-order valence-electron chi connectivity index (χ3n) is 6.73. The van der Waals surface area contributed by atoms with Gasteiger partial charge in [0, 0.05) is 31.4 Å². The van der Waals surface area contributed by atoms with E-state index >= 15 is 4.39 Å². The van der Waals surface area contributed by atoms with Crippen molar-refractivity contribution in [2.45, 2.75) is 37.8 Å². The molecule has 1 N–H and O–H groups in total. The van der Waals surface area contributed by atoms with Crippen LogP contribution in [-0.2, 0) is 0 Å². The molecule has 0 amide bonds. The average Bonchev–Trinajstić information content (AvgIpc) is 3.42. The zero-order valence-corrected chi connectivity index (χ0v) is 17.0. The number of piperidine rings is 1. The molecular weight excluding hydrogens is 397 g/mol. The van der Waals surface area contributed by atoms with Gasteiger partial charge in [-0.2, -0.15) is 0 Å². The van der Waals surface area contributed by atoms with E-state index in [0.717, 1.165) is 38.8 Å². The Labute approximate surface area is 172 Å². The zero-order chi connectivity index (χ0) is 20.4. The fourth-order valence-electron chi connectivity index (χ4n) is 5.10. The molecule has 0 spiro atoms. The first-order chi connectivity index (χ1) is 13.9. The van der Waals surface area contributed by atoms with Crippen molar-refractivity contribution in [1.82, 2.24) is 9.47 Å². The molecular formula is C21H23ClFN3O3. The molecule has 5 rings (SSSR count). The second-order valence-corrected chi connectivity index (χ2v) is 8.97. The lowest BCUT2D eigenvalue weighted by molar-refractivity contribution is 0.0695. The monoisotopic (exact) mass is 419 g/mol. The van der Waals surface area contributed by atoms with Crippen molar-refractivity contribution in [3.63, 3.8) is 0 Å². The van der Waals surface area contributed by atoms with Crippen molar-refractivity contribution in [2.75, 3.05) is 31.6 Å². The third-order valence-corrected chi connectivity index (χ3v) is 7.09. The molecule has 3 fully saturated rings. The van der Waals surface area contributed by atoms with Crippen LogP contribution in [0.4, 0.5) is 10.1 Å². The fraction of sp³-hybridized carbons (Fsp3) is 0.524. The molecule has 2 atom stereocenters. The van der Waals surface area contributed by atoms with Gasteiger partial charge in [-0.3, -0.25) is 4.79 Å². The summed E-state index contributed by atoms with van der Waals surface area (Å²) in [6, 6.07) is 1.64. The van der Waals surface area contributed by atoms with E-state index in [1.807, 2.05) is 4.90 Å². The fourth-order valence-corrected chi connectivity index (χ4v) is 5.51. The zero-order valence-electron chi connectivity index (χ0n) is 16.2. The summed E-state index contributed by atoms with van der Waals surface area (Å²) in [5.41, 5.74) is -0.254. The number of fused-ring (bicyclic) bond motifs is 2. The molecule has 6 nitrogen and oxygen atoms in total. The summed E-state index contributed by atoms with van der Waals surface area (Å²) in [6.45, 7) is 2.48. The van der Waals surface area contributed by atoms with Crippen molar-refractivity contribution in [3.05, 3.63) is 38.9 Å². The first-order valence-corrected chi connectivity index (χ1v) is 10.5. The van der Waals surface area contributed by atoms with E-state index in [0.29, 0.717) is 29.7 Å². The van der Waals surface area contributed by atoms with Crippen LogP contribution in [0.2, 0.25) is 5.02 Å². The Morgan fingerprint density at radius 3 is 2.69 bits per heavy atom. The van der Waals surface area contributed by atoms with Crippen molar-refractivity contribution in [1.29, 1.82) is 0 Å². The van der Waals surface area contributed by atoms with E-state index in [9.17, 15) is 14.7 Å². The summed E-state index contributed by atoms with van der Waals surface area (Å²) >= 11 is 6.74. The number of aromatic carboxylic acids is 1. The normalized spacial score (nSPS) is 24.9. The Morgan fingerprint density at radius 1 is 1.28 bits per heavy atom. The van der Waals surface area contributed by atoms with Crippen molar-refractivity contribution < 1.29 is 14.3 Å². The summed E-state index contributed by atoms with van der Waals surface area (Å²) in [7, 11) is 2.11. The van der Waals surface area contributed by atoms with Crippen LogP contribution in [-0.4, -0.2) is 53.3 Å². The van der Waals surface area contributed by atoms with Gasteiger partial charge in [-0.1, -0.05) is 11.6 Å². The van der Waals surface area contributed by atoms with Gasteiger partial charge in [-0.15, -0.1) is 0 Å². The van der Waals surface area contributed by atoms with Crippen molar-refractivity contribution >= 4 is 34.2 Å². The van der Waals surface area contributed by atoms with E-state index in [1.165, 1.54) is 12.3 Å². The molecule has 154 valence electrons. The first-order valence-electron chi connectivity index (χ1n) is 10.1. The lowest BCUT2D eigenvalue weighted by Gasteiger charge is -2.33. The highest BCUT2D eigenvalue weighted by Gasteiger charge is 2.39. The standard InChI is InChI=1S/C21H23ClFN3O3/c1-24-6-2-3-11-8-25(10-16(11)24)19-15(23)7-13-18(17(19)22)26(12-4-5-12)9-14(20(13)27)21(28)29/h7,9,11-12,16H,2-6,8,10H2,1H3,(H,28,29)/t11-,16+/m1/s1. The molecule has 2 aromatic rings. The Morgan fingerprint density at radius 2 is 2.03 bits per heavy atom. The number of carboxylic acids is 1. The summed E-state index contributed by atoms with van der Waals surface area (Å²) in [5, 5.41) is 9.66. The third kappa shape index (κ3) is 2.94. The van der Waals surface area contributed by atoms with Crippen molar-refractivity contribution in [3.8, 4) is 0 Å². The molecule has 1 aromatic heterocycles. The minimum atomic E-state index is -1.31. The van der Waals surface area contributed by atoms with Gasteiger partial charge in [0.25, 0.3) is 0 Å². The number of nitrogens with zero attached hydrogens (tertiary/aromatic N) is 3. The maximum Gasteiger partial charge on any atom is 0.341 e. The quantitative estimate of drug-likeness (QED) is 0.826. The van der Waals surface area contributed by atoms with Gasteiger partial charge in [0.1, 0.15) is 11.4 Å². The summed E-state index contributed by atoms with van der Waals surface area (Å²) < 4.78 is 17.0. The van der Waals surface area contributed by atoms with Gasteiger partial charge in [0.05, 0.1) is 21.6 Å². The SMILES string of the molecule is CN1CCC[C@@H]2CN(c3c(F)cc4c(=O)c(C(=O)O)cn(C5CC5)c4c3Cl)C[C@@H]21. The second-order valence-electron chi connectivity index (χ2n) is 8.59. The number of rotatable bonds is 3. The number of hydrogen-bond acceptors (Lipinski definition) is 4. The van der Waals surface area contributed by atoms with Gasteiger partial charge >= 0.3 is 5.97 Å². The van der Waals surface area contributed by atoms with Crippen LogP contribution in [0.1, 0.15) is 42.1 Å². The van der Waals surface area contributed by atoms with E-state index in [-0.39, 0.29) is 22.0 Å². The molecule has 0 bridgehead atoms. The van der Waals surface area contributed by atoms with Crippen LogP contribution >= 0.6 is 11.6 Å². The van der Waals surface area contributed by atoms with Crippen LogP contribution in [0.3, 0.4) is 0 Å². The molecule has 8 heteroatoms. The molecule has 3 heterocycles. The Hall–Kier alpha value is -2.12. The predicted molar refractivity (Wildman–Crippen MR) is 110 cm³/mol. The largest absolute Gasteiger partial charge is 0.477 e. The van der Waals surface area contributed by atoms with Gasteiger partial charge in [0.2, 0.25) is 5.43 Å². The van der Waals surface area contributed by atoms with E-state index in [1.54, 1.807) is 4.57 Å². The van der Waals surface area contributed by atoms with Crippen LogP contribution in [0.5, 0.6) is 0 Å². The Bertz CT molecular complexity index is 1080. The number of benzene rings is 1. The number of hydrogen-bond donors (Lipinski definition) is 1. The molecule has 3 aliphatic rings. The minimum Gasteiger partial charge on any atom is -0.477 e. The van der Waals surface area contributed by atoms with Gasteiger partial charge in [0.15, 0.2) is 0 Å². The highest BCUT2D eigenvalue weighted by Crippen LogP contribution is 2.43. The maximum atomic E-state index is 15.2. The smallest absolute Gasteiger partial charge is 0.341 e. The predicted octanol–water partition coefficient (Wildman–Crippen LogP) is 3.36. The van der Waals surface area contributed by atoms with Crippen LogP contribution in [0.15, 0.2) is 17.1 Å². The van der Waals surface area contributed by atoms with E-state index < -0.39 is 17.2 Å². The number of carboxylic acid groups (broad SMARTS) is 1. The average molecular weight is 420 g/mol. The molecule has 0 radical (unpaired) electrons. The molecule has 2 aliphatic heterocycles.